The zero-order valence-electron chi connectivity index (χ0n) is 25.9. The average molecular weight is 642 g/mol. The minimum absolute atomic E-state index is 0.0984. The van der Waals surface area contributed by atoms with E-state index >= 15 is 0 Å². The van der Waals surface area contributed by atoms with Gasteiger partial charge in [0.1, 0.15) is 23.9 Å². The number of amides is 4. The molecule has 45 heavy (non-hydrogen) atoms. The van der Waals surface area contributed by atoms with Gasteiger partial charge in [-0.2, -0.15) is 11.8 Å². The van der Waals surface area contributed by atoms with Crippen molar-refractivity contribution >= 4 is 41.4 Å². The number of thioether (sulfide) groups is 1. The van der Waals surface area contributed by atoms with Crippen LogP contribution in [0.25, 0.3) is 0 Å². The first-order valence-electron chi connectivity index (χ1n) is 15.0. The van der Waals surface area contributed by atoms with Crippen molar-refractivity contribution in [2.45, 2.75) is 57.3 Å². The van der Waals surface area contributed by atoms with Crippen molar-refractivity contribution in [3.05, 3.63) is 65.7 Å². The summed E-state index contributed by atoms with van der Waals surface area (Å²) in [4.78, 5) is 68.5. The average Bonchev–Trinajstić information content (AvgIpc) is 3.03. The highest BCUT2D eigenvalue weighted by molar-refractivity contribution is 7.98. The summed E-state index contributed by atoms with van der Waals surface area (Å²) in [6.45, 7) is 3.32. The summed E-state index contributed by atoms with van der Waals surface area (Å²) in [6.07, 6.45) is 2.79. The first-order valence-corrected chi connectivity index (χ1v) is 16.4. The van der Waals surface area contributed by atoms with E-state index < -0.39 is 47.9 Å². The summed E-state index contributed by atoms with van der Waals surface area (Å²) in [7, 11) is 0. The largest absolute Gasteiger partial charge is 0.508 e. The number of nitrogens with two attached hydrogens (primary N) is 1. The zero-order valence-corrected chi connectivity index (χ0v) is 26.8. The van der Waals surface area contributed by atoms with Crippen LogP contribution in [0.15, 0.2) is 54.6 Å². The van der Waals surface area contributed by atoms with E-state index in [1.807, 2.05) is 36.6 Å². The van der Waals surface area contributed by atoms with E-state index in [4.69, 9.17) is 10.5 Å². The lowest BCUT2D eigenvalue weighted by atomic mass is 9.99. The van der Waals surface area contributed by atoms with Crippen LogP contribution < -0.4 is 16.4 Å². The highest BCUT2D eigenvalue weighted by Gasteiger charge is 2.42. The lowest BCUT2D eigenvalue weighted by molar-refractivity contribution is -0.162. The van der Waals surface area contributed by atoms with Crippen molar-refractivity contribution in [2.24, 2.45) is 5.73 Å². The van der Waals surface area contributed by atoms with Crippen LogP contribution in [0.4, 0.5) is 0 Å². The summed E-state index contributed by atoms with van der Waals surface area (Å²) in [5.41, 5.74) is 7.60. The topological polar surface area (TPSA) is 171 Å². The predicted octanol–water partition coefficient (Wildman–Crippen LogP) is 0.850. The van der Waals surface area contributed by atoms with Gasteiger partial charge in [-0.25, -0.2) is 4.79 Å². The quantitative estimate of drug-likeness (QED) is 0.206. The van der Waals surface area contributed by atoms with Gasteiger partial charge in [-0.3, -0.25) is 19.2 Å². The van der Waals surface area contributed by atoms with Crippen molar-refractivity contribution in [1.29, 1.82) is 0 Å². The highest BCUT2D eigenvalue weighted by atomic mass is 32.2. The van der Waals surface area contributed by atoms with E-state index in [9.17, 15) is 29.1 Å². The van der Waals surface area contributed by atoms with Crippen molar-refractivity contribution in [1.82, 2.24) is 20.4 Å². The molecule has 5 N–H and O–H groups in total. The predicted molar refractivity (Wildman–Crippen MR) is 171 cm³/mol. The number of phenols is 1. The maximum atomic E-state index is 13.9. The van der Waals surface area contributed by atoms with E-state index in [0.29, 0.717) is 12.2 Å². The Morgan fingerprint density at radius 3 is 2.38 bits per heavy atom. The molecule has 2 aromatic rings. The van der Waals surface area contributed by atoms with Gasteiger partial charge < -0.3 is 36.0 Å². The molecule has 0 spiro atoms. The number of carbonyl (C=O) groups is 5. The molecule has 0 saturated carbocycles. The Morgan fingerprint density at radius 2 is 1.73 bits per heavy atom. The minimum Gasteiger partial charge on any atom is -0.508 e. The highest BCUT2D eigenvalue weighted by Crippen LogP contribution is 2.22. The first-order chi connectivity index (χ1) is 21.5. The molecule has 1 fully saturated rings. The Morgan fingerprint density at radius 1 is 1.04 bits per heavy atom. The fraction of sp³-hybridized carbons (Fsp3) is 0.469. The Labute approximate surface area is 268 Å². The van der Waals surface area contributed by atoms with Crippen molar-refractivity contribution < 1.29 is 33.8 Å². The molecular weight excluding hydrogens is 598 g/mol. The number of nitrogens with zero attached hydrogens (tertiary/aromatic N) is 2. The smallest absolute Gasteiger partial charge is 0.328 e. The molecule has 12 nitrogen and oxygen atoms in total. The number of hydrogen-bond acceptors (Lipinski definition) is 9. The molecule has 0 radical (unpaired) electrons. The molecule has 0 aromatic heterocycles. The number of nitrogens with one attached hydrogen (secondary N) is 2. The number of ether oxygens (including phenoxy) is 1. The first kappa shape index (κ1) is 35.4. The summed E-state index contributed by atoms with van der Waals surface area (Å²) < 4.78 is 5.28. The number of benzene rings is 2. The van der Waals surface area contributed by atoms with E-state index in [1.54, 1.807) is 30.8 Å². The number of carbonyl (C=O) groups excluding carboxylic acids is 5. The fourth-order valence-corrected chi connectivity index (χ4v) is 5.56. The number of hydrogen-bond donors (Lipinski definition) is 4. The third-order valence-electron chi connectivity index (χ3n) is 7.54. The SMILES string of the molecule is CCOC(=O)[C@@H](CCSC)N1CCN(C(=O)CNC(=O)[C@@H](C)NC(=O)[C@@H](N)Cc2ccc(O)cc2)[C@H](Cc2ccccc2)C1=O. The summed E-state index contributed by atoms with van der Waals surface area (Å²) in [5.74, 6) is -1.66. The normalized spacial score (nSPS) is 16.8. The molecule has 2 aromatic carbocycles. The van der Waals surface area contributed by atoms with Crippen LogP contribution in [0.2, 0.25) is 0 Å². The fourth-order valence-electron chi connectivity index (χ4n) is 5.10. The molecule has 1 aliphatic heterocycles. The molecular formula is C32H43N5O7S. The van der Waals surface area contributed by atoms with E-state index in [2.05, 4.69) is 10.6 Å². The molecule has 3 rings (SSSR count). The molecule has 1 aliphatic rings. The standard InChI is InChI=1S/C32H43N5O7S/c1-4-44-32(43)26(14-17-45-3)37-16-15-36(27(31(37)42)19-22-8-6-5-7-9-22)28(39)20-34-29(40)21(2)35-30(41)25(33)18-23-10-12-24(38)13-11-23/h5-13,21,25-27,38H,4,14-20,33H2,1-3H3,(H,34,40)(H,35,41)/t21-,25+,26-,27-/m1/s1. The number of rotatable bonds is 15. The summed E-state index contributed by atoms with van der Waals surface area (Å²) in [6, 6.07) is 12.0. The van der Waals surface area contributed by atoms with Crippen molar-refractivity contribution in [2.75, 3.05) is 38.2 Å². The maximum absolute atomic E-state index is 13.9. The molecule has 4 atom stereocenters. The Kier molecular flexibility index (Phi) is 13.7. The van der Waals surface area contributed by atoms with Gasteiger partial charge in [0.2, 0.25) is 23.6 Å². The van der Waals surface area contributed by atoms with Gasteiger partial charge in [-0.05, 0) is 62.0 Å². The van der Waals surface area contributed by atoms with Crippen LogP contribution in [0.3, 0.4) is 0 Å². The van der Waals surface area contributed by atoms with Crippen LogP contribution in [-0.2, 0) is 41.6 Å². The lowest BCUT2D eigenvalue weighted by Crippen LogP contribution is -2.64. The van der Waals surface area contributed by atoms with Gasteiger partial charge >= 0.3 is 5.97 Å². The van der Waals surface area contributed by atoms with Gasteiger partial charge in [0.05, 0.1) is 19.2 Å². The van der Waals surface area contributed by atoms with Gasteiger partial charge in [0, 0.05) is 19.5 Å². The van der Waals surface area contributed by atoms with Crippen LogP contribution in [0.5, 0.6) is 5.75 Å². The number of aromatic hydroxyl groups is 1. The maximum Gasteiger partial charge on any atom is 0.328 e. The molecule has 1 heterocycles. The zero-order chi connectivity index (χ0) is 32.9. The van der Waals surface area contributed by atoms with Crippen LogP contribution in [0, 0.1) is 0 Å². The molecule has 13 heteroatoms. The number of esters is 1. The third kappa shape index (κ3) is 10.2. The number of phenolic OH excluding ortho intramolecular Hbond substituents is 1. The van der Waals surface area contributed by atoms with E-state index in [-0.39, 0.29) is 50.7 Å². The molecule has 0 unspecified atom stereocenters. The van der Waals surface area contributed by atoms with Crippen molar-refractivity contribution in [3.63, 3.8) is 0 Å². The van der Waals surface area contributed by atoms with Crippen LogP contribution in [-0.4, -0.2) is 107 Å². The van der Waals surface area contributed by atoms with Crippen LogP contribution >= 0.6 is 11.8 Å². The summed E-state index contributed by atoms with van der Waals surface area (Å²) >= 11 is 1.56. The van der Waals surface area contributed by atoms with Gasteiger partial charge in [0.25, 0.3) is 0 Å². The third-order valence-corrected chi connectivity index (χ3v) is 8.19. The molecule has 244 valence electrons. The molecule has 0 aliphatic carbocycles. The minimum atomic E-state index is -0.975. The second-order valence-corrected chi connectivity index (χ2v) is 11.8. The molecule has 0 bridgehead atoms. The molecule has 1 saturated heterocycles. The van der Waals surface area contributed by atoms with Gasteiger partial charge in [-0.1, -0.05) is 42.5 Å². The Balaban J connectivity index is 1.65. The Hall–Kier alpha value is -4.10. The van der Waals surface area contributed by atoms with Gasteiger partial charge in [-0.15, -0.1) is 0 Å². The monoisotopic (exact) mass is 641 g/mol. The summed E-state index contributed by atoms with van der Waals surface area (Å²) in [5, 5.41) is 14.6. The van der Waals surface area contributed by atoms with Crippen molar-refractivity contribution in [3.8, 4) is 5.75 Å². The lowest BCUT2D eigenvalue weighted by Gasteiger charge is -2.43. The van der Waals surface area contributed by atoms with E-state index in [1.165, 1.54) is 28.9 Å². The van der Waals surface area contributed by atoms with Gasteiger partial charge in [0.15, 0.2) is 0 Å². The van der Waals surface area contributed by atoms with Crippen LogP contribution in [0.1, 0.15) is 31.4 Å². The second-order valence-electron chi connectivity index (χ2n) is 10.8. The Bertz CT molecular complexity index is 1310. The van der Waals surface area contributed by atoms with E-state index in [0.717, 1.165) is 11.1 Å². The molecule has 4 amide bonds. The second kappa shape index (κ2) is 17.4. The number of piperazine rings is 1.